The van der Waals surface area contributed by atoms with Gasteiger partial charge in [-0.2, -0.15) is 0 Å². The summed E-state index contributed by atoms with van der Waals surface area (Å²) in [6.07, 6.45) is 4.61. The summed E-state index contributed by atoms with van der Waals surface area (Å²) in [7, 11) is 3.55. The van der Waals surface area contributed by atoms with Crippen molar-refractivity contribution >= 4 is 11.7 Å². The number of aryl methyl sites for hydroxylation is 1. The van der Waals surface area contributed by atoms with Crippen molar-refractivity contribution in [2.24, 2.45) is 7.05 Å². The Labute approximate surface area is 149 Å². The first-order chi connectivity index (χ1) is 12.1. The lowest BCUT2D eigenvalue weighted by molar-refractivity contribution is -0.147. The fourth-order valence-electron chi connectivity index (χ4n) is 3.56. The van der Waals surface area contributed by atoms with Gasteiger partial charge in [0.25, 0.3) is 0 Å². The molecule has 5 heteroatoms. The zero-order chi connectivity index (χ0) is 17.7. The molecule has 0 amide bonds. The molecule has 1 saturated heterocycles. The van der Waals surface area contributed by atoms with E-state index in [1.54, 1.807) is 0 Å². The highest BCUT2D eigenvalue weighted by Gasteiger charge is 2.42. The van der Waals surface area contributed by atoms with Crippen LogP contribution in [0.15, 0.2) is 48.7 Å². The van der Waals surface area contributed by atoms with Crippen LogP contribution in [0.25, 0.3) is 0 Å². The van der Waals surface area contributed by atoms with Gasteiger partial charge in [-0.15, -0.1) is 0 Å². The number of aromatic nitrogens is 1. The lowest BCUT2D eigenvalue weighted by Crippen LogP contribution is -2.55. The Kier molecular flexibility index (Phi) is 5.43. The Hall–Kier alpha value is -2.27. The van der Waals surface area contributed by atoms with Gasteiger partial charge in [0.15, 0.2) is 0 Å². The van der Waals surface area contributed by atoms with Gasteiger partial charge in [0.2, 0.25) is 0 Å². The molecule has 0 radical (unpaired) electrons. The number of benzene rings is 1. The summed E-state index contributed by atoms with van der Waals surface area (Å²) < 4.78 is 7.28. The van der Waals surface area contributed by atoms with E-state index >= 15 is 0 Å². The first-order valence-corrected chi connectivity index (χ1v) is 8.87. The third kappa shape index (κ3) is 4.04. The molecule has 0 atom stereocenters. The zero-order valence-electron chi connectivity index (χ0n) is 15.1. The molecule has 1 aromatic carbocycles. The minimum atomic E-state index is -0.627. The van der Waals surface area contributed by atoms with Gasteiger partial charge in [-0.3, -0.25) is 0 Å². The molecule has 1 fully saturated rings. The van der Waals surface area contributed by atoms with E-state index in [0.29, 0.717) is 0 Å². The number of nitrogens with zero attached hydrogens (tertiary/aromatic N) is 2. The average molecular weight is 341 g/mol. The van der Waals surface area contributed by atoms with Crippen molar-refractivity contribution in [3.63, 3.8) is 0 Å². The van der Waals surface area contributed by atoms with Crippen molar-refractivity contribution in [2.75, 3.05) is 32.1 Å². The highest BCUT2D eigenvalue weighted by molar-refractivity contribution is 5.84. The predicted octanol–water partition coefficient (Wildman–Crippen LogP) is 2.69. The van der Waals surface area contributed by atoms with E-state index in [2.05, 4.69) is 40.2 Å². The number of rotatable bonds is 6. The van der Waals surface area contributed by atoms with Crippen molar-refractivity contribution in [2.45, 2.75) is 24.8 Å². The lowest BCUT2D eigenvalue weighted by Gasteiger charge is -2.40. The first kappa shape index (κ1) is 17.5. The second kappa shape index (κ2) is 7.74. The smallest absolute Gasteiger partial charge is 0.331 e. The zero-order valence-corrected chi connectivity index (χ0v) is 15.1. The SMILES string of the molecule is COC(=O)C1(Nc2ccccc2)CCN(CCc2cccn2C)CC1. The molecular formula is C20H27N3O2. The summed E-state index contributed by atoms with van der Waals surface area (Å²) in [4.78, 5) is 14.9. The van der Waals surface area contributed by atoms with Crippen LogP contribution in [0, 0.1) is 0 Å². The molecular weight excluding hydrogens is 314 g/mol. The van der Waals surface area contributed by atoms with Gasteiger partial charge >= 0.3 is 5.97 Å². The summed E-state index contributed by atoms with van der Waals surface area (Å²) in [5, 5.41) is 3.44. The number of anilines is 1. The maximum absolute atomic E-state index is 12.5. The van der Waals surface area contributed by atoms with E-state index in [1.807, 2.05) is 30.3 Å². The molecule has 1 aliphatic rings. The molecule has 5 nitrogen and oxygen atoms in total. The van der Waals surface area contributed by atoms with Crippen LogP contribution >= 0.6 is 0 Å². The van der Waals surface area contributed by atoms with E-state index in [0.717, 1.165) is 44.6 Å². The van der Waals surface area contributed by atoms with Crippen LogP contribution in [0.5, 0.6) is 0 Å². The minimum absolute atomic E-state index is 0.168. The molecule has 0 unspecified atom stereocenters. The number of hydrogen-bond acceptors (Lipinski definition) is 4. The van der Waals surface area contributed by atoms with E-state index in [-0.39, 0.29) is 5.97 Å². The normalized spacial score (nSPS) is 17.2. The molecule has 1 aliphatic heterocycles. The maximum Gasteiger partial charge on any atom is 0.331 e. The Balaban J connectivity index is 1.61. The van der Waals surface area contributed by atoms with Gasteiger partial charge in [0.05, 0.1) is 7.11 Å². The Morgan fingerprint density at radius 1 is 1.16 bits per heavy atom. The molecule has 134 valence electrons. The largest absolute Gasteiger partial charge is 0.467 e. The second-order valence-electron chi connectivity index (χ2n) is 6.77. The van der Waals surface area contributed by atoms with Crippen LogP contribution in [0.1, 0.15) is 18.5 Å². The van der Waals surface area contributed by atoms with Gasteiger partial charge in [0.1, 0.15) is 5.54 Å². The van der Waals surface area contributed by atoms with Gasteiger partial charge in [-0.25, -0.2) is 4.79 Å². The Bertz CT molecular complexity index is 688. The number of piperidine rings is 1. The molecule has 0 aliphatic carbocycles. The molecule has 0 bridgehead atoms. The molecule has 2 heterocycles. The third-order valence-corrected chi connectivity index (χ3v) is 5.18. The molecule has 25 heavy (non-hydrogen) atoms. The number of esters is 1. The fourth-order valence-corrected chi connectivity index (χ4v) is 3.56. The summed E-state index contributed by atoms with van der Waals surface area (Å²) in [6, 6.07) is 14.2. The number of carbonyl (C=O) groups excluding carboxylic acids is 1. The summed E-state index contributed by atoms with van der Waals surface area (Å²) in [6.45, 7) is 2.79. The molecule has 3 rings (SSSR count). The maximum atomic E-state index is 12.5. The average Bonchev–Trinajstić information content (AvgIpc) is 3.06. The van der Waals surface area contributed by atoms with Crippen molar-refractivity contribution in [3.8, 4) is 0 Å². The van der Waals surface area contributed by atoms with Crippen molar-refractivity contribution in [1.82, 2.24) is 9.47 Å². The number of nitrogens with one attached hydrogen (secondary N) is 1. The lowest BCUT2D eigenvalue weighted by atomic mass is 9.87. The van der Waals surface area contributed by atoms with Gasteiger partial charge in [-0.1, -0.05) is 18.2 Å². The topological polar surface area (TPSA) is 46.5 Å². The van der Waals surface area contributed by atoms with Gasteiger partial charge in [-0.05, 0) is 37.1 Å². The number of carbonyl (C=O) groups is 1. The molecule has 0 saturated carbocycles. The highest BCUT2D eigenvalue weighted by Crippen LogP contribution is 2.28. The number of ether oxygens (including phenoxy) is 1. The number of hydrogen-bond donors (Lipinski definition) is 1. The molecule has 1 aromatic heterocycles. The fraction of sp³-hybridized carbons (Fsp3) is 0.450. The molecule has 2 aromatic rings. The van der Waals surface area contributed by atoms with E-state index in [1.165, 1.54) is 12.8 Å². The van der Waals surface area contributed by atoms with Crippen molar-refractivity contribution in [1.29, 1.82) is 0 Å². The van der Waals surface area contributed by atoms with Crippen LogP contribution < -0.4 is 5.32 Å². The summed E-state index contributed by atoms with van der Waals surface area (Å²) >= 11 is 0. The minimum Gasteiger partial charge on any atom is -0.467 e. The Morgan fingerprint density at radius 2 is 1.88 bits per heavy atom. The number of para-hydroxylation sites is 1. The predicted molar refractivity (Wildman–Crippen MR) is 99.6 cm³/mol. The number of methoxy groups -OCH3 is 1. The molecule has 1 N–H and O–H groups in total. The van der Waals surface area contributed by atoms with Crippen LogP contribution in [-0.4, -0.2) is 47.7 Å². The van der Waals surface area contributed by atoms with Crippen LogP contribution in [0.4, 0.5) is 5.69 Å². The van der Waals surface area contributed by atoms with Crippen LogP contribution in [0.3, 0.4) is 0 Å². The summed E-state index contributed by atoms with van der Waals surface area (Å²) in [5.41, 5.74) is 1.68. The van der Waals surface area contributed by atoms with Crippen molar-refractivity contribution < 1.29 is 9.53 Å². The highest BCUT2D eigenvalue weighted by atomic mass is 16.5. The van der Waals surface area contributed by atoms with Crippen molar-refractivity contribution in [3.05, 3.63) is 54.4 Å². The van der Waals surface area contributed by atoms with Crippen LogP contribution in [-0.2, 0) is 23.0 Å². The Morgan fingerprint density at radius 3 is 2.48 bits per heavy atom. The first-order valence-electron chi connectivity index (χ1n) is 8.87. The van der Waals surface area contributed by atoms with Gasteiger partial charge < -0.3 is 19.5 Å². The number of likely N-dealkylation sites (tertiary alicyclic amines) is 1. The van der Waals surface area contributed by atoms with E-state index < -0.39 is 5.54 Å². The second-order valence-corrected chi connectivity index (χ2v) is 6.77. The van der Waals surface area contributed by atoms with Crippen LogP contribution in [0.2, 0.25) is 0 Å². The quantitative estimate of drug-likeness (QED) is 0.821. The summed E-state index contributed by atoms with van der Waals surface area (Å²) in [5.74, 6) is -0.168. The monoisotopic (exact) mass is 341 g/mol. The van der Waals surface area contributed by atoms with E-state index in [9.17, 15) is 4.79 Å². The van der Waals surface area contributed by atoms with Gasteiger partial charge in [0, 0.05) is 50.7 Å². The molecule has 0 spiro atoms. The standard InChI is InChI=1S/C20H27N3O2/c1-22-13-6-9-18(22)10-14-23-15-11-20(12-16-23,19(24)25-2)21-17-7-4-3-5-8-17/h3-9,13,21H,10-12,14-16H2,1-2H3. The van der Waals surface area contributed by atoms with E-state index in [4.69, 9.17) is 4.74 Å². The third-order valence-electron chi connectivity index (χ3n) is 5.18.